The molecule has 2 heteroatoms. The first kappa shape index (κ1) is 13.1. The molecule has 0 amide bonds. The molecule has 1 N–H and O–H groups in total. The minimum Gasteiger partial charge on any atom is -0.307 e. The van der Waals surface area contributed by atoms with E-state index in [0.29, 0.717) is 12.1 Å². The van der Waals surface area contributed by atoms with Crippen LogP contribution >= 0.6 is 15.9 Å². The lowest BCUT2D eigenvalue weighted by Gasteiger charge is -2.21. The van der Waals surface area contributed by atoms with Crippen LogP contribution in [0.1, 0.15) is 51.1 Å². The zero-order valence-electron chi connectivity index (χ0n) is 10.7. The summed E-state index contributed by atoms with van der Waals surface area (Å²) in [6, 6.07) is 9.66. The summed E-state index contributed by atoms with van der Waals surface area (Å²) in [6.07, 6.45) is 5.43. The van der Waals surface area contributed by atoms with Crippen LogP contribution in [0.4, 0.5) is 0 Å². The van der Waals surface area contributed by atoms with Gasteiger partial charge in [-0.1, -0.05) is 47.5 Å². The van der Waals surface area contributed by atoms with E-state index in [9.17, 15) is 0 Å². The third kappa shape index (κ3) is 3.32. The predicted octanol–water partition coefficient (Wildman–Crippen LogP) is 4.68. The molecular formula is C15H22BrN. The highest BCUT2D eigenvalue weighted by Gasteiger charge is 2.24. The second-order valence-corrected chi connectivity index (χ2v) is 6.05. The van der Waals surface area contributed by atoms with Gasteiger partial charge in [0.05, 0.1) is 0 Å². The molecule has 3 atom stereocenters. The predicted molar refractivity (Wildman–Crippen MR) is 77.1 cm³/mol. The first-order valence-corrected chi connectivity index (χ1v) is 7.50. The van der Waals surface area contributed by atoms with Crippen LogP contribution in [-0.2, 0) is 0 Å². The average molecular weight is 296 g/mol. The Balaban J connectivity index is 1.94. The van der Waals surface area contributed by atoms with E-state index >= 15 is 0 Å². The Morgan fingerprint density at radius 2 is 2.12 bits per heavy atom. The number of halogens is 1. The molecule has 1 aliphatic carbocycles. The van der Waals surface area contributed by atoms with Gasteiger partial charge in [-0.3, -0.25) is 0 Å². The van der Waals surface area contributed by atoms with Gasteiger partial charge in [0, 0.05) is 16.6 Å². The Morgan fingerprint density at radius 3 is 2.76 bits per heavy atom. The standard InChI is InChI=1S/C15H22BrN/c1-3-12-8-9-13(10-12)17-11(2)14-6-4-5-7-15(14)16/h4-7,11-13,17H,3,8-10H2,1-2H3/t11-,12?,13?/m0/s1. The SMILES string of the molecule is CCC1CCC(N[C@@H](C)c2ccccc2Br)C1. The smallest absolute Gasteiger partial charge is 0.0305 e. The van der Waals surface area contributed by atoms with E-state index in [0.717, 1.165) is 5.92 Å². The summed E-state index contributed by atoms with van der Waals surface area (Å²) >= 11 is 3.63. The normalized spacial score (nSPS) is 26.1. The molecule has 94 valence electrons. The molecule has 0 bridgehead atoms. The Kier molecular flexibility index (Phi) is 4.63. The summed E-state index contributed by atoms with van der Waals surface area (Å²) in [5.74, 6) is 0.943. The monoisotopic (exact) mass is 295 g/mol. The fraction of sp³-hybridized carbons (Fsp3) is 0.600. The van der Waals surface area contributed by atoms with Gasteiger partial charge < -0.3 is 5.32 Å². The molecule has 0 saturated heterocycles. The Hall–Kier alpha value is -0.340. The van der Waals surface area contributed by atoms with Crippen LogP contribution in [0.15, 0.2) is 28.7 Å². The summed E-state index contributed by atoms with van der Waals surface area (Å²) in [5.41, 5.74) is 1.37. The van der Waals surface area contributed by atoms with Crippen LogP contribution in [0.25, 0.3) is 0 Å². The van der Waals surface area contributed by atoms with E-state index in [1.807, 2.05) is 0 Å². The summed E-state index contributed by atoms with van der Waals surface area (Å²) in [6.45, 7) is 4.57. The van der Waals surface area contributed by atoms with Gasteiger partial charge in [0.25, 0.3) is 0 Å². The molecule has 0 spiro atoms. The quantitative estimate of drug-likeness (QED) is 0.850. The van der Waals surface area contributed by atoms with Crippen LogP contribution in [0.3, 0.4) is 0 Å². The Morgan fingerprint density at radius 1 is 1.35 bits per heavy atom. The second kappa shape index (κ2) is 6.01. The van der Waals surface area contributed by atoms with E-state index in [1.54, 1.807) is 0 Å². The maximum Gasteiger partial charge on any atom is 0.0305 e. The molecule has 1 saturated carbocycles. The molecule has 0 heterocycles. The van der Waals surface area contributed by atoms with Crippen molar-refractivity contribution in [2.24, 2.45) is 5.92 Å². The highest BCUT2D eigenvalue weighted by atomic mass is 79.9. The third-order valence-corrected chi connectivity index (χ3v) is 4.70. The van der Waals surface area contributed by atoms with Crippen molar-refractivity contribution in [1.29, 1.82) is 0 Å². The topological polar surface area (TPSA) is 12.0 Å². The fourth-order valence-corrected chi connectivity index (χ4v) is 3.49. The van der Waals surface area contributed by atoms with Crippen molar-refractivity contribution < 1.29 is 0 Å². The molecule has 2 rings (SSSR count). The highest BCUT2D eigenvalue weighted by Crippen LogP contribution is 2.30. The third-order valence-electron chi connectivity index (χ3n) is 3.98. The maximum absolute atomic E-state index is 3.77. The molecule has 2 unspecified atom stereocenters. The largest absolute Gasteiger partial charge is 0.307 e. The molecule has 1 fully saturated rings. The van der Waals surface area contributed by atoms with Gasteiger partial charge in [-0.25, -0.2) is 0 Å². The lowest BCUT2D eigenvalue weighted by Crippen LogP contribution is -2.29. The first-order chi connectivity index (χ1) is 8.20. The van der Waals surface area contributed by atoms with E-state index in [2.05, 4.69) is 59.4 Å². The fourth-order valence-electron chi connectivity index (χ4n) is 2.87. The summed E-state index contributed by atoms with van der Waals surface area (Å²) in [7, 11) is 0. The van der Waals surface area contributed by atoms with Crippen molar-refractivity contribution >= 4 is 15.9 Å². The van der Waals surface area contributed by atoms with Crippen LogP contribution in [0.2, 0.25) is 0 Å². The van der Waals surface area contributed by atoms with Gasteiger partial charge in [-0.2, -0.15) is 0 Å². The zero-order chi connectivity index (χ0) is 12.3. The van der Waals surface area contributed by atoms with Crippen molar-refractivity contribution in [3.05, 3.63) is 34.3 Å². The van der Waals surface area contributed by atoms with E-state index < -0.39 is 0 Å². The molecule has 1 aromatic carbocycles. The van der Waals surface area contributed by atoms with Crippen LogP contribution in [-0.4, -0.2) is 6.04 Å². The molecule has 0 aromatic heterocycles. The molecular weight excluding hydrogens is 274 g/mol. The average Bonchev–Trinajstić information content (AvgIpc) is 2.77. The van der Waals surface area contributed by atoms with E-state index in [4.69, 9.17) is 0 Å². The molecule has 1 aromatic rings. The molecule has 0 aliphatic heterocycles. The van der Waals surface area contributed by atoms with Crippen molar-refractivity contribution in [2.75, 3.05) is 0 Å². The van der Waals surface area contributed by atoms with Gasteiger partial charge in [0.15, 0.2) is 0 Å². The number of benzene rings is 1. The Bertz CT molecular complexity index is 364. The number of rotatable bonds is 4. The molecule has 17 heavy (non-hydrogen) atoms. The summed E-state index contributed by atoms with van der Waals surface area (Å²) in [4.78, 5) is 0. The molecule has 1 aliphatic rings. The lowest BCUT2D eigenvalue weighted by molar-refractivity contribution is 0.437. The number of hydrogen-bond donors (Lipinski definition) is 1. The minimum absolute atomic E-state index is 0.436. The second-order valence-electron chi connectivity index (χ2n) is 5.19. The zero-order valence-corrected chi connectivity index (χ0v) is 12.3. The van der Waals surface area contributed by atoms with Gasteiger partial charge in [0.2, 0.25) is 0 Å². The minimum atomic E-state index is 0.436. The van der Waals surface area contributed by atoms with Crippen LogP contribution in [0.5, 0.6) is 0 Å². The number of nitrogens with one attached hydrogen (secondary N) is 1. The van der Waals surface area contributed by atoms with Crippen LogP contribution < -0.4 is 5.32 Å². The van der Waals surface area contributed by atoms with Gasteiger partial charge in [-0.15, -0.1) is 0 Å². The summed E-state index contributed by atoms with van der Waals surface area (Å²) < 4.78 is 1.21. The first-order valence-electron chi connectivity index (χ1n) is 6.71. The van der Waals surface area contributed by atoms with Gasteiger partial charge in [0.1, 0.15) is 0 Å². The van der Waals surface area contributed by atoms with Gasteiger partial charge >= 0.3 is 0 Å². The number of hydrogen-bond acceptors (Lipinski definition) is 1. The molecule has 0 radical (unpaired) electrons. The summed E-state index contributed by atoms with van der Waals surface area (Å²) in [5, 5.41) is 3.77. The van der Waals surface area contributed by atoms with E-state index in [1.165, 1.54) is 35.7 Å². The van der Waals surface area contributed by atoms with Crippen molar-refractivity contribution in [3.63, 3.8) is 0 Å². The maximum atomic E-state index is 3.77. The lowest BCUT2D eigenvalue weighted by atomic mass is 10.0. The van der Waals surface area contributed by atoms with Crippen molar-refractivity contribution in [1.82, 2.24) is 5.32 Å². The van der Waals surface area contributed by atoms with E-state index in [-0.39, 0.29) is 0 Å². The van der Waals surface area contributed by atoms with Gasteiger partial charge in [-0.05, 0) is 43.7 Å². The highest BCUT2D eigenvalue weighted by molar-refractivity contribution is 9.10. The Labute approximate surface area is 113 Å². The van der Waals surface area contributed by atoms with Crippen molar-refractivity contribution in [3.8, 4) is 0 Å². The van der Waals surface area contributed by atoms with Crippen LogP contribution in [0, 0.1) is 5.92 Å². The van der Waals surface area contributed by atoms with Crippen molar-refractivity contribution in [2.45, 2.75) is 51.6 Å². The molecule has 1 nitrogen and oxygen atoms in total.